The fourth-order valence-electron chi connectivity index (χ4n) is 2.61. The molecule has 3 nitrogen and oxygen atoms in total. The van der Waals surface area contributed by atoms with Crippen LogP contribution in [0.4, 0.5) is 0 Å². The van der Waals surface area contributed by atoms with E-state index in [0.29, 0.717) is 18.7 Å². The Labute approximate surface area is 90.1 Å². The molecule has 2 saturated heterocycles. The number of carbonyl (C=O) groups is 1. The monoisotopic (exact) mass is 207 g/mol. The second-order valence-electron chi connectivity index (χ2n) is 5.82. The van der Waals surface area contributed by atoms with Crippen molar-refractivity contribution in [1.82, 2.24) is 4.90 Å². The maximum Gasteiger partial charge on any atom is 0.311 e. The zero-order chi connectivity index (χ0) is 10.8. The fraction of sp³-hybridized carbons (Fsp3) is 0.750. The highest BCUT2D eigenvalue weighted by atomic mass is 16.5. The first kappa shape index (κ1) is 9.40. The van der Waals surface area contributed by atoms with Gasteiger partial charge in [-0.25, -0.2) is 0 Å². The van der Waals surface area contributed by atoms with E-state index in [1.807, 2.05) is 20.8 Å². The van der Waals surface area contributed by atoms with E-state index in [1.165, 1.54) is 12.0 Å². The first-order chi connectivity index (χ1) is 6.98. The number of nitrogens with zero attached hydrogens (tertiary/aromatic N) is 1. The van der Waals surface area contributed by atoms with Crippen LogP contribution in [-0.2, 0) is 9.53 Å². The molecule has 0 aromatic carbocycles. The van der Waals surface area contributed by atoms with Crippen LogP contribution in [0.1, 0.15) is 27.2 Å². The summed E-state index contributed by atoms with van der Waals surface area (Å²) in [5, 5.41) is 0. The molecule has 3 aliphatic rings. The van der Waals surface area contributed by atoms with E-state index in [2.05, 4.69) is 11.0 Å². The normalized spacial score (nSPS) is 40.3. The minimum absolute atomic E-state index is 0.102. The van der Waals surface area contributed by atoms with Crippen molar-refractivity contribution in [2.45, 2.75) is 45.3 Å². The van der Waals surface area contributed by atoms with Gasteiger partial charge < -0.3 is 4.74 Å². The van der Waals surface area contributed by atoms with Gasteiger partial charge in [-0.1, -0.05) is 6.08 Å². The molecule has 0 amide bonds. The molecule has 3 aliphatic heterocycles. The van der Waals surface area contributed by atoms with Crippen molar-refractivity contribution in [2.75, 3.05) is 6.61 Å². The summed E-state index contributed by atoms with van der Waals surface area (Å²) in [6.07, 6.45) is 3.57. The van der Waals surface area contributed by atoms with Gasteiger partial charge in [-0.05, 0) is 32.8 Å². The van der Waals surface area contributed by atoms with Crippen molar-refractivity contribution in [2.24, 2.45) is 5.41 Å². The van der Waals surface area contributed by atoms with Gasteiger partial charge in [0.1, 0.15) is 6.61 Å². The molecular formula is C12H17NO2. The number of hydrogen-bond acceptors (Lipinski definition) is 3. The van der Waals surface area contributed by atoms with Gasteiger partial charge in [0, 0.05) is 18.1 Å². The Balaban J connectivity index is 1.55. The molecule has 82 valence electrons. The molecule has 0 bridgehead atoms. The molecule has 0 spiro atoms. The van der Waals surface area contributed by atoms with Crippen LogP contribution in [0.25, 0.3) is 0 Å². The number of esters is 1. The van der Waals surface area contributed by atoms with Gasteiger partial charge in [0.25, 0.3) is 0 Å². The van der Waals surface area contributed by atoms with Crippen LogP contribution in [0.5, 0.6) is 0 Å². The maximum absolute atomic E-state index is 11.6. The van der Waals surface area contributed by atoms with Crippen LogP contribution >= 0.6 is 0 Å². The molecule has 0 saturated carbocycles. The molecule has 15 heavy (non-hydrogen) atoms. The van der Waals surface area contributed by atoms with Gasteiger partial charge in [0.2, 0.25) is 0 Å². The largest absolute Gasteiger partial charge is 0.461 e. The van der Waals surface area contributed by atoms with Crippen molar-refractivity contribution in [3.05, 3.63) is 11.6 Å². The summed E-state index contributed by atoms with van der Waals surface area (Å²) in [7, 11) is 0. The van der Waals surface area contributed by atoms with E-state index >= 15 is 0 Å². The SMILES string of the molecule is CC(C)(C)C(=O)OCC1=CC2C3C[C@H]1N23. The Hall–Kier alpha value is -0.830. The van der Waals surface area contributed by atoms with Crippen molar-refractivity contribution in [1.29, 1.82) is 0 Å². The summed E-state index contributed by atoms with van der Waals surface area (Å²) in [5.41, 5.74) is 0.935. The second-order valence-corrected chi connectivity index (χ2v) is 5.82. The van der Waals surface area contributed by atoms with Crippen LogP contribution in [0.15, 0.2) is 11.6 Å². The predicted octanol–water partition coefficient (Wildman–Crippen LogP) is 1.34. The lowest BCUT2D eigenvalue weighted by molar-refractivity contribution is -0.152. The minimum Gasteiger partial charge on any atom is -0.461 e. The molecule has 3 heteroatoms. The fourth-order valence-corrected chi connectivity index (χ4v) is 2.61. The zero-order valence-corrected chi connectivity index (χ0v) is 9.49. The number of ether oxygens (including phenoxy) is 1. The standard InChI is InChI=1S/C12H17NO2/c1-12(2,3)11(14)15-6-7-4-9-10-5-8(7)13(9)10/h4,8-10H,5-6H2,1-3H3/t8-,9?,10?,13?/m1/s1. The predicted molar refractivity (Wildman–Crippen MR) is 56.3 cm³/mol. The third-order valence-electron chi connectivity index (χ3n) is 3.65. The van der Waals surface area contributed by atoms with Crippen molar-refractivity contribution in [3.8, 4) is 0 Å². The molecule has 2 fully saturated rings. The van der Waals surface area contributed by atoms with Crippen molar-refractivity contribution >= 4 is 5.97 Å². The molecule has 4 atom stereocenters. The molecule has 0 radical (unpaired) electrons. The summed E-state index contributed by atoms with van der Waals surface area (Å²) in [6, 6.07) is 2.14. The van der Waals surface area contributed by atoms with Gasteiger partial charge in [-0.2, -0.15) is 0 Å². The van der Waals surface area contributed by atoms with E-state index < -0.39 is 0 Å². The molecule has 3 rings (SSSR count). The molecule has 0 aromatic heterocycles. The lowest BCUT2D eigenvalue weighted by atomic mass is 9.93. The van der Waals surface area contributed by atoms with E-state index in [9.17, 15) is 4.79 Å². The second kappa shape index (κ2) is 2.64. The summed E-state index contributed by atoms with van der Waals surface area (Å²) in [5.74, 6) is -0.102. The Morgan fingerprint density at radius 2 is 2.33 bits per heavy atom. The Kier molecular flexibility index (Phi) is 1.66. The van der Waals surface area contributed by atoms with Gasteiger partial charge in [-0.15, -0.1) is 0 Å². The first-order valence-corrected chi connectivity index (χ1v) is 5.64. The zero-order valence-electron chi connectivity index (χ0n) is 9.49. The van der Waals surface area contributed by atoms with Crippen LogP contribution in [0.3, 0.4) is 0 Å². The summed E-state index contributed by atoms with van der Waals surface area (Å²) in [4.78, 5) is 14.1. The van der Waals surface area contributed by atoms with Crippen molar-refractivity contribution in [3.63, 3.8) is 0 Å². The van der Waals surface area contributed by atoms with E-state index in [-0.39, 0.29) is 11.4 Å². The average molecular weight is 207 g/mol. The molecule has 0 aliphatic carbocycles. The Morgan fingerprint density at radius 1 is 1.60 bits per heavy atom. The van der Waals surface area contributed by atoms with E-state index in [0.717, 1.165) is 6.04 Å². The summed E-state index contributed by atoms with van der Waals surface area (Å²) < 4.78 is 5.32. The quantitative estimate of drug-likeness (QED) is 0.389. The number of rotatable bonds is 2. The highest BCUT2D eigenvalue weighted by Gasteiger charge is 2.64. The third-order valence-corrected chi connectivity index (χ3v) is 3.65. The smallest absolute Gasteiger partial charge is 0.311 e. The number of hydrogen-bond donors (Lipinski definition) is 0. The Bertz CT molecular complexity index is 353. The minimum atomic E-state index is -0.384. The molecule has 0 N–H and O–H groups in total. The molecular weight excluding hydrogens is 190 g/mol. The van der Waals surface area contributed by atoms with Crippen LogP contribution in [0.2, 0.25) is 0 Å². The molecule has 0 aromatic rings. The lowest BCUT2D eigenvalue weighted by Gasteiger charge is -2.28. The lowest BCUT2D eigenvalue weighted by Crippen LogP contribution is -2.36. The summed E-state index contributed by atoms with van der Waals surface area (Å²) in [6.45, 7) is 6.16. The topological polar surface area (TPSA) is 29.3 Å². The number of fused-ring (bicyclic) bond motifs is 1. The molecule has 3 unspecified atom stereocenters. The first-order valence-electron chi connectivity index (χ1n) is 5.64. The summed E-state index contributed by atoms with van der Waals surface area (Å²) >= 11 is 0. The van der Waals surface area contributed by atoms with Crippen molar-refractivity contribution < 1.29 is 9.53 Å². The highest BCUT2D eigenvalue weighted by molar-refractivity contribution is 5.75. The van der Waals surface area contributed by atoms with Crippen LogP contribution < -0.4 is 0 Å². The van der Waals surface area contributed by atoms with E-state index in [4.69, 9.17) is 4.74 Å². The van der Waals surface area contributed by atoms with Crippen LogP contribution in [-0.4, -0.2) is 35.6 Å². The van der Waals surface area contributed by atoms with Gasteiger partial charge in [-0.3, -0.25) is 9.69 Å². The van der Waals surface area contributed by atoms with Gasteiger partial charge in [0.15, 0.2) is 0 Å². The maximum atomic E-state index is 11.6. The number of carbonyl (C=O) groups excluding carboxylic acids is 1. The molecule has 3 heterocycles. The van der Waals surface area contributed by atoms with E-state index in [1.54, 1.807) is 0 Å². The third kappa shape index (κ3) is 1.26. The van der Waals surface area contributed by atoms with Gasteiger partial charge in [0.05, 0.1) is 5.41 Å². The van der Waals surface area contributed by atoms with Crippen LogP contribution in [0, 0.1) is 5.41 Å². The Morgan fingerprint density at radius 3 is 2.80 bits per heavy atom. The highest BCUT2D eigenvalue weighted by Crippen LogP contribution is 2.54. The average Bonchev–Trinajstić information content (AvgIpc) is 2.52. The van der Waals surface area contributed by atoms with Gasteiger partial charge >= 0.3 is 5.97 Å².